The summed E-state index contributed by atoms with van der Waals surface area (Å²) in [6.07, 6.45) is 3.77. The summed E-state index contributed by atoms with van der Waals surface area (Å²) in [7, 11) is 1.90. The normalized spacial score (nSPS) is 22.5. The van der Waals surface area contributed by atoms with E-state index in [4.69, 9.17) is 30.9 Å². The van der Waals surface area contributed by atoms with Gasteiger partial charge in [-0.3, -0.25) is 4.90 Å². The number of nitrogens with two attached hydrogens (primary N) is 2. The first-order valence-corrected chi connectivity index (χ1v) is 16.6. The van der Waals surface area contributed by atoms with Crippen LogP contribution < -0.4 is 26.0 Å². The van der Waals surface area contributed by atoms with Crippen LogP contribution in [0.4, 0.5) is 22.5 Å². The van der Waals surface area contributed by atoms with Crippen LogP contribution in [0.2, 0.25) is 0 Å². The summed E-state index contributed by atoms with van der Waals surface area (Å²) < 4.78 is 11.8. The van der Waals surface area contributed by atoms with Gasteiger partial charge >= 0.3 is 6.01 Å². The Kier molecular flexibility index (Phi) is 7.41. The zero-order chi connectivity index (χ0) is 30.6. The highest BCUT2D eigenvalue weighted by Crippen LogP contribution is 2.58. The zero-order valence-corrected chi connectivity index (χ0v) is 26.3. The Balaban J connectivity index is 1.22. The van der Waals surface area contributed by atoms with E-state index in [-0.39, 0.29) is 22.8 Å². The van der Waals surface area contributed by atoms with Gasteiger partial charge in [-0.2, -0.15) is 20.5 Å². The minimum atomic E-state index is -0.258. The molecule has 0 bridgehead atoms. The van der Waals surface area contributed by atoms with Crippen LogP contribution in [0.15, 0.2) is 18.3 Å². The molecule has 1 unspecified atom stereocenters. The van der Waals surface area contributed by atoms with Crippen molar-refractivity contribution in [2.24, 2.45) is 0 Å². The van der Waals surface area contributed by atoms with E-state index in [0.717, 1.165) is 54.4 Å². The number of nitrogen functional groups attached to an aromatic ring is 2. The molecule has 3 aromatic rings. The van der Waals surface area contributed by atoms with Crippen molar-refractivity contribution in [3.8, 4) is 18.1 Å². The first-order valence-electron chi connectivity index (χ1n) is 14.8. The van der Waals surface area contributed by atoms with Crippen molar-refractivity contribution in [3.05, 3.63) is 45.5 Å². The summed E-state index contributed by atoms with van der Waals surface area (Å²) in [5.41, 5.74) is 15.3. The molecule has 0 aromatic carbocycles. The summed E-state index contributed by atoms with van der Waals surface area (Å²) in [6, 6.07) is 9.20. The standard InChI is InChI=1S/C30H34N10O2S2/c1-17(20-4-3-7-35-25(20)33)38(2)27-22(11-32)28(37-29(36-27)42-13-19-6-5-18-12-41-9-8-40(18)19)39-15-30(16-39)24-21(10-31)26(34)44-23(24)14-43-30/h3-4,7,17-19H,5-6,8-9,12-16,34H2,1-2H3,(H2,33,35)/t17-,18?,19+/m1/s1. The van der Waals surface area contributed by atoms with Crippen LogP contribution in [-0.2, 0) is 15.2 Å². The Labute approximate surface area is 264 Å². The molecule has 4 aliphatic rings. The average Bonchev–Trinajstić information content (AvgIpc) is 3.70. The maximum absolute atomic E-state index is 10.5. The van der Waals surface area contributed by atoms with Crippen LogP contribution in [0.5, 0.6) is 6.01 Å². The van der Waals surface area contributed by atoms with Gasteiger partial charge in [-0.15, -0.1) is 23.1 Å². The molecule has 44 heavy (non-hydrogen) atoms. The molecule has 7 heterocycles. The molecule has 228 valence electrons. The van der Waals surface area contributed by atoms with Gasteiger partial charge in [-0.25, -0.2) is 4.98 Å². The molecule has 4 aliphatic heterocycles. The van der Waals surface area contributed by atoms with Crippen LogP contribution in [0.25, 0.3) is 0 Å². The molecule has 14 heteroatoms. The van der Waals surface area contributed by atoms with E-state index in [1.54, 1.807) is 6.20 Å². The van der Waals surface area contributed by atoms with Crippen LogP contribution in [0.1, 0.15) is 52.9 Å². The molecule has 0 amide bonds. The Morgan fingerprint density at radius 1 is 1.23 bits per heavy atom. The average molecular weight is 631 g/mol. The van der Waals surface area contributed by atoms with Crippen molar-refractivity contribution in [2.45, 2.75) is 48.4 Å². The Bertz CT molecular complexity index is 1680. The van der Waals surface area contributed by atoms with Crippen LogP contribution in [-0.4, -0.2) is 78.4 Å². The van der Waals surface area contributed by atoms with Crippen molar-refractivity contribution in [1.82, 2.24) is 19.9 Å². The lowest BCUT2D eigenvalue weighted by molar-refractivity contribution is -0.0101. The van der Waals surface area contributed by atoms with E-state index in [2.05, 4.69) is 26.9 Å². The first kappa shape index (κ1) is 28.9. The number of pyridine rings is 1. The van der Waals surface area contributed by atoms with Gasteiger partial charge in [0.15, 0.2) is 11.6 Å². The summed E-state index contributed by atoms with van der Waals surface area (Å²) in [5, 5.41) is 20.9. The van der Waals surface area contributed by atoms with Gasteiger partial charge in [0.1, 0.15) is 35.1 Å². The smallest absolute Gasteiger partial charge is 0.320 e. The van der Waals surface area contributed by atoms with E-state index >= 15 is 0 Å². The monoisotopic (exact) mass is 630 g/mol. The van der Waals surface area contributed by atoms with Crippen molar-refractivity contribution in [1.29, 1.82) is 10.5 Å². The van der Waals surface area contributed by atoms with E-state index in [0.29, 0.717) is 59.3 Å². The van der Waals surface area contributed by atoms with Crippen LogP contribution in [0.3, 0.4) is 0 Å². The Morgan fingerprint density at radius 3 is 2.82 bits per heavy atom. The zero-order valence-electron chi connectivity index (χ0n) is 24.7. The quantitative estimate of drug-likeness (QED) is 0.391. The minimum absolute atomic E-state index is 0.224. The lowest BCUT2D eigenvalue weighted by Gasteiger charge is -2.48. The van der Waals surface area contributed by atoms with E-state index < -0.39 is 0 Å². The molecular weight excluding hydrogens is 597 g/mol. The molecule has 3 fully saturated rings. The van der Waals surface area contributed by atoms with Gasteiger partial charge in [-0.1, -0.05) is 6.07 Å². The SMILES string of the molecule is C[C@H](c1cccnc1N)N(C)c1nc(OC[C@@H]2CCC3COCCN32)nc(N2CC3(C2)SCc2sc(N)c(C#N)c23)c1C#N. The summed E-state index contributed by atoms with van der Waals surface area (Å²) in [5.74, 6) is 2.25. The number of hydrogen-bond acceptors (Lipinski definition) is 14. The van der Waals surface area contributed by atoms with Gasteiger partial charge in [0.05, 0.1) is 29.6 Å². The number of nitrogens with zero attached hydrogens (tertiary/aromatic N) is 8. The summed E-state index contributed by atoms with van der Waals surface area (Å²) in [6.45, 7) is 6.06. The third kappa shape index (κ3) is 4.68. The van der Waals surface area contributed by atoms with Crippen LogP contribution >= 0.6 is 23.1 Å². The van der Waals surface area contributed by atoms with Crippen molar-refractivity contribution < 1.29 is 9.47 Å². The van der Waals surface area contributed by atoms with Gasteiger partial charge in [0, 0.05) is 66.7 Å². The number of morpholine rings is 1. The molecule has 1 spiro atoms. The summed E-state index contributed by atoms with van der Waals surface area (Å²) in [4.78, 5) is 21.6. The van der Waals surface area contributed by atoms with E-state index in [1.807, 2.05) is 42.8 Å². The molecule has 3 saturated heterocycles. The predicted octanol–water partition coefficient (Wildman–Crippen LogP) is 3.24. The van der Waals surface area contributed by atoms with E-state index in [9.17, 15) is 10.5 Å². The van der Waals surface area contributed by atoms with Gasteiger partial charge in [0.2, 0.25) is 0 Å². The molecule has 0 aliphatic carbocycles. The number of fused-ring (bicyclic) bond motifs is 3. The summed E-state index contributed by atoms with van der Waals surface area (Å²) >= 11 is 3.34. The molecule has 0 radical (unpaired) electrons. The third-order valence-corrected chi connectivity index (χ3v) is 12.1. The second kappa shape index (κ2) is 11.3. The maximum atomic E-state index is 10.5. The number of aromatic nitrogens is 3. The maximum Gasteiger partial charge on any atom is 0.320 e. The van der Waals surface area contributed by atoms with Crippen molar-refractivity contribution in [2.75, 3.05) is 67.8 Å². The molecule has 12 nitrogen and oxygen atoms in total. The fourth-order valence-corrected chi connectivity index (χ4v) is 9.78. The lowest BCUT2D eigenvalue weighted by Crippen LogP contribution is -2.57. The van der Waals surface area contributed by atoms with Gasteiger partial charge in [-0.05, 0) is 25.8 Å². The molecule has 4 N–H and O–H groups in total. The minimum Gasteiger partial charge on any atom is -0.462 e. The number of anilines is 4. The molecular formula is C30H34N10O2S2. The molecule has 3 aromatic heterocycles. The molecule has 0 saturated carbocycles. The van der Waals surface area contributed by atoms with Crippen LogP contribution in [0, 0.1) is 22.7 Å². The Hall–Kier alpha value is -3.82. The first-order chi connectivity index (χ1) is 21.3. The Morgan fingerprint density at radius 2 is 2.05 bits per heavy atom. The molecule has 7 rings (SSSR count). The highest BCUT2D eigenvalue weighted by Gasteiger charge is 2.53. The highest BCUT2D eigenvalue weighted by atomic mass is 32.2. The second-order valence-corrected chi connectivity index (χ2v) is 14.3. The topological polar surface area (TPSA) is 166 Å². The van der Waals surface area contributed by atoms with Gasteiger partial charge in [0.25, 0.3) is 0 Å². The highest BCUT2D eigenvalue weighted by molar-refractivity contribution is 8.00. The fourth-order valence-electron chi connectivity index (χ4n) is 6.98. The predicted molar refractivity (Wildman–Crippen MR) is 171 cm³/mol. The largest absolute Gasteiger partial charge is 0.462 e. The van der Waals surface area contributed by atoms with Crippen molar-refractivity contribution in [3.63, 3.8) is 0 Å². The third-order valence-electron chi connectivity index (χ3n) is 9.43. The fraction of sp³-hybridized carbons (Fsp3) is 0.500. The number of thioether (sulfide) groups is 1. The lowest BCUT2D eigenvalue weighted by atomic mass is 9.88. The molecule has 3 atom stereocenters. The number of hydrogen-bond donors (Lipinski definition) is 2. The number of nitriles is 2. The van der Waals surface area contributed by atoms with E-state index in [1.165, 1.54) is 11.3 Å². The van der Waals surface area contributed by atoms with Gasteiger partial charge < -0.3 is 30.7 Å². The number of rotatable bonds is 7. The number of thiophene rings is 1. The van der Waals surface area contributed by atoms with Crippen molar-refractivity contribution >= 4 is 45.6 Å². The second-order valence-electron chi connectivity index (χ2n) is 11.8. The number of ether oxygens (including phenoxy) is 2.